The zero-order chi connectivity index (χ0) is 26.9. The Labute approximate surface area is 222 Å². The summed E-state index contributed by atoms with van der Waals surface area (Å²) < 4.78 is 10.7. The highest BCUT2D eigenvalue weighted by molar-refractivity contribution is 5.98. The maximum atomic E-state index is 13.5. The Balaban J connectivity index is 1.63. The normalized spacial score (nSPS) is 14.9. The second kappa shape index (κ2) is 12.8. The molecule has 0 spiro atoms. The summed E-state index contributed by atoms with van der Waals surface area (Å²) in [7, 11) is 3.35. The van der Waals surface area contributed by atoms with Gasteiger partial charge in [0.25, 0.3) is 5.91 Å². The average Bonchev–Trinajstić information content (AvgIpc) is 2.95. The van der Waals surface area contributed by atoms with Crippen molar-refractivity contribution in [3.8, 4) is 11.8 Å². The number of benzene rings is 2. The van der Waals surface area contributed by atoms with Gasteiger partial charge < -0.3 is 25.4 Å². The van der Waals surface area contributed by atoms with E-state index in [4.69, 9.17) is 9.47 Å². The third-order valence-corrected chi connectivity index (χ3v) is 6.44. The lowest BCUT2D eigenvalue weighted by Crippen LogP contribution is -2.32. The second-order valence-electron chi connectivity index (χ2n) is 8.98. The molecule has 4 rings (SSSR count). The molecule has 196 valence electrons. The molecule has 1 aliphatic rings. The molecule has 9 heteroatoms. The van der Waals surface area contributed by atoms with E-state index in [2.05, 4.69) is 38.6 Å². The summed E-state index contributed by atoms with van der Waals surface area (Å²) in [5, 5.41) is 20.1. The maximum absolute atomic E-state index is 13.5. The molecular weight excluding hydrogens is 480 g/mol. The predicted octanol–water partition coefficient (Wildman–Crippen LogP) is 3.90. The van der Waals surface area contributed by atoms with Crippen LogP contribution in [-0.4, -0.2) is 55.8 Å². The van der Waals surface area contributed by atoms with Crippen LogP contribution in [0.3, 0.4) is 0 Å². The first-order chi connectivity index (χ1) is 18.6. The molecule has 3 aromatic rings. The number of hydrogen-bond donors (Lipinski definition) is 3. The fourth-order valence-corrected chi connectivity index (χ4v) is 4.47. The van der Waals surface area contributed by atoms with E-state index in [0.717, 1.165) is 42.6 Å². The van der Waals surface area contributed by atoms with Gasteiger partial charge in [-0.15, -0.1) is 0 Å². The number of amides is 1. The Morgan fingerprint density at radius 2 is 2.11 bits per heavy atom. The molecule has 1 atom stereocenters. The van der Waals surface area contributed by atoms with Gasteiger partial charge in [-0.05, 0) is 55.3 Å². The lowest BCUT2D eigenvalue weighted by atomic mass is 9.95. The van der Waals surface area contributed by atoms with Crippen LogP contribution in [0, 0.1) is 11.3 Å². The standard InChI is InChI=1S/C29H32N6O3/c1-4-5-22(17-31-2)27(19-8-9-26(37-3)23(14-19)16-30)35-28(36)20-6-7-21-18-32-29(34-25(21)15-20)33-24-10-12-38-13-11-24/h4-9,14-15,18,24,27,31H,1,10-13,17H2,2-3H3,(H,35,36)(H,32,33,34)/b22-5+/t27-/m0/s1. The number of allylic oxidation sites excluding steroid dienone is 2. The summed E-state index contributed by atoms with van der Waals surface area (Å²) >= 11 is 0. The monoisotopic (exact) mass is 512 g/mol. The number of rotatable bonds is 10. The number of ether oxygens (including phenoxy) is 2. The molecule has 0 bridgehead atoms. The molecule has 0 radical (unpaired) electrons. The van der Waals surface area contributed by atoms with E-state index in [0.29, 0.717) is 34.9 Å². The minimum absolute atomic E-state index is 0.262. The highest BCUT2D eigenvalue weighted by Crippen LogP contribution is 2.28. The number of methoxy groups -OCH3 is 1. The van der Waals surface area contributed by atoms with Gasteiger partial charge in [0.2, 0.25) is 5.95 Å². The minimum Gasteiger partial charge on any atom is -0.495 e. The zero-order valence-corrected chi connectivity index (χ0v) is 21.7. The molecule has 3 N–H and O–H groups in total. The van der Waals surface area contributed by atoms with E-state index < -0.39 is 6.04 Å². The molecule has 1 aromatic heterocycles. The van der Waals surface area contributed by atoms with Crippen molar-refractivity contribution < 1.29 is 14.3 Å². The number of nitrogens with one attached hydrogen (secondary N) is 3. The Morgan fingerprint density at radius 1 is 1.29 bits per heavy atom. The van der Waals surface area contributed by atoms with E-state index >= 15 is 0 Å². The number of carbonyl (C=O) groups is 1. The van der Waals surface area contributed by atoms with Crippen molar-refractivity contribution in [2.24, 2.45) is 0 Å². The molecule has 1 fully saturated rings. The van der Waals surface area contributed by atoms with Gasteiger partial charge in [-0.2, -0.15) is 5.26 Å². The van der Waals surface area contributed by atoms with Crippen LogP contribution in [0.1, 0.15) is 40.4 Å². The number of nitriles is 1. The van der Waals surface area contributed by atoms with Gasteiger partial charge in [0.15, 0.2) is 0 Å². The Bertz CT molecular complexity index is 1370. The zero-order valence-electron chi connectivity index (χ0n) is 21.7. The van der Waals surface area contributed by atoms with Gasteiger partial charge in [0.1, 0.15) is 11.8 Å². The van der Waals surface area contributed by atoms with Crippen molar-refractivity contribution in [1.29, 1.82) is 5.26 Å². The quantitative estimate of drug-likeness (QED) is 0.350. The van der Waals surface area contributed by atoms with Crippen LogP contribution in [0.4, 0.5) is 5.95 Å². The lowest BCUT2D eigenvalue weighted by Gasteiger charge is -2.23. The van der Waals surface area contributed by atoms with Crippen molar-refractivity contribution >= 4 is 22.8 Å². The summed E-state index contributed by atoms with van der Waals surface area (Å²) in [4.78, 5) is 22.6. The third kappa shape index (κ3) is 6.35. The fourth-order valence-electron chi connectivity index (χ4n) is 4.47. The first kappa shape index (κ1) is 26.8. The molecule has 1 amide bonds. The number of fused-ring (bicyclic) bond motifs is 1. The summed E-state index contributed by atoms with van der Waals surface area (Å²) in [5.74, 6) is 0.741. The summed E-state index contributed by atoms with van der Waals surface area (Å²) in [6.45, 7) is 5.77. The van der Waals surface area contributed by atoms with Gasteiger partial charge in [0.05, 0.1) is 24.2 Å². The molecule has 2 heterocycles. The van der Waals surface area contributed by atoms with Gasteiger partial charge in [-0.25, -0.2) is 9.97 Å². The number of anilines is 1. The van der Waals surface area contributed by atoms with E-state index in [-0.39, 0.29) is 11.9 Å². The van der Waals surface area contributed by atoms with Gasteiger partial charge >= 0.3 is 0 Å². The van der Waals surface area contributed by atoms with E-state index in [1.165, 1.54) is 7.11 Å². The average molecular weight is 513 g/mol. The van der Waals surface area contributed by atoms with Crippen molar-refractivity contribution in [2.45, 2.75) is 24.9 Å². The first-order valence-corrected chi connectivity index (χ1v) is 12.5. The van der Waals surface area contributed by atoms with Gasteiger partial charge in [-0.1, -0.05) is 30.9 Å². The van der Waals surface area contributed by atoms with Crippen molar-refractivity contribution in [2.75, 3.05) is 39.2 Å². The van der Waals surface area contributed by atoms with Gasteiger partial charge in [0, 0.05) is 42.9 Å². The molecular formula is C29H32N6O3. The van der Waals surface area contributed by atoms with Crippen LogP contribution < -0.4 is 20.7 Å². The number of likely N-dealkylation sites (N-methyl/N-ethyl adjacent to an activating group) is 1. The molecule has 2 aromatic carbocycles. The number of carbonyl (C=O) groups excluding carboxylic acids is 1. The SMILES string of the molecule is C=C/C=C(\CNC)[C@@H](NC(=O)c1ccc2cnc(NC3CCOCC3)nc2c1)c1ccc(OC)c(C#N)c1. The molecule has 38 heavy (non-hydrogen) atoms. The minimum atomic E-state index is -0.502. The summed E-state index contributed by atoms with van der Waals surface area (Å²) in [5.41, 5.74) is 3.17. The Kier molecular flexibility index (Phi) is 9.03. The van der Waals surface area contributed by atoms with Crippen LogP contribution in [-0.2, 0) is 4.74 Å². The van der Waals surface area contributed by atoms with Crippen LogP contribution in [0.15, 0.2) is 66.9 Å². The number of hydrogen-bond acceptors (Lipinski definition) is 8. The lowest BCUT2D eigenvalue weighted by molar-refractivity contribution is 0.0903. The largest absolute Gasteiger partial charge is 0.495 e. The van der Waals surface area contributed by atoms with Crippen LogP contribution in [0.5, 0.6) is 5.75 Å². The van der Waals surface area contributed by atoms with E-state index in [9.17, 15) is 10.1 Å². The smallest absolute Gasteiger partial charge is 0.252 e. The highest BCUT2D eigenvalue weighted by atomic mass is 16.5. The fraction of sp³-hybridized carbons (Fsp3) is 0.310. The Morgan fingerprint density at radius 3 is 2.82 bits per heavy atom. The van der Waals surface area contributed by atoms with Crippen molar-refractivity contribution in [3.63, 3.8) is 0 Å². The molecule has 1 saturated heterocycles. The van der Waals surface area contributed by atoms with Gasteiger partial charge in [-0.3, -0.25) is 4.79 Å². The van der Waals surface area contributed by atoms with Crippen molar-refractivity contribution in [1.82, 2.24) is 20.6 Å². The highest BCUT2D eigenvalue weighted by Gasteiger charge is 2.22. The summed E-state index contributed by atoms with van der Waals surface area (Å²) in [6.07, 6.45) is 7.10. The molecule has 0 aliphatic carbocycles. The molecule has 0 unspecified atom stereocenters. The van der Waals surface area contributed by atoms with Crippen LogP contribution in [0.25, 0.3) is 10.9 Å². The van der Waals surface area contributed by atoms with Crippen molar-refractivity contribution in [3.05, 3.63) is 83.6 Å². The van der Waals surface area contributed by atoms with E-state index in [1.54, 1.807) is 36.5 Å². The number of aromatic nitrogens is 2. The Hall–Kier alpha value is -4.26. The summed E-state index contributed by atoms with van der Waals surface area (Å²) in [6, 6.07) is 12.6. The third-order valence-electron chi connectivity index (χ3n) is 6.44. The molecule has 0 saturated carbocycles. The molecule has 9 nitrogen and oxygen atoms in total. The maximum Gasteiger partial charge on any atom is 0.252 e. The van der Waals surface area contributed by atoms with E-state index in [1.807, 2.05) is 25.3 Å². The van der Waals surface area contributed by atoms with Crippen LogP contribution >= 0.6 is 0 Å². The number of nitrogens with zero attached hydrogens (tertiary/aromatic N) is 3. The van der Waals surface area contributed by atoms with Crippen LogP contribution in [0.2, 0.25) is 0 Å². The second-order valence-corrected chi connectivity index (χ2v) is 8.98. The topological polar surface area (TPSA) is 121 Å². The predicted molar refractivity (Wildman–Crippen MR) is 147 cm³/mol. The molecule has 1 aliphatic heterocycles. The first-order valence-electron chi connectivity index (χ1n) is 12.5.